The lowest BCUT2D eigenvalue weighted by Crippen LogP contribution is -2.45. The Bertz CT molecular complexity index is 1550. The largest absolute Gasteiger partial charge is 0.480 e. The van der Waals surface area contributed by atoms with Gasteiger partial charge in [-0.3, -0.25) is 10.1 Å². The number of aryl methyl sites for hydroxylation is 1. The Morgan fingerprint density at radius 2 is 1.81 bits per heavy atom. The van der Waals surface area contributed by atoms with Gasteiger partial charge in [-0.2, -0.15) is 9.50 Å². The summed E-state index contributed by atoms with van der Waals surface area (Å²) in [7, 11) is -3.96. The van der Waals surface area contributed by atoms with Crippen molar-refractivity contribution >= 4 is 50.0 Å². The predicted octanol–water partition coefficient (Wildman–Crippen LogP) is 2.61. The van der Waals surface area contributed by atoms with Gasteiger partial charge in [0.2, 0.25) is 10.0 Å². The van der Waals surface area contributed by atoms with Gasteiger partial charge in [-0.25, -0.2) is 18.1 Å². The number of sulfonamides is 1. The van der Waals surface area contributed by atoms with Crippen LogP contribution in [-0.4, -0.2) is 64.8 Å². The van der Waals surface area contributed by atoms with E-state index in [4.69, 9.17) is 11.6 Å². The van der Waals surface area contributed by atoms with Gasteiger partial charge < -0.3 is 10.0 Å². The van der Waals surface area contributed by atoms with Crippen LogP contribution in [0.1, 0.15) is 25.4 Å². The van der Waals surface area contributed by atoms with Crippen molar-refractivity contribution in [1.29, 1.82) is 0 Å². The van der Waals surface area contributed by atoms with Gasteiger partial charge in [0.25, 0.3) is 5.78 Å². The van der Waals surface area contributed by atoms with Crippen molar-refractivity contribution in [2.45, 2.75) is 38.3 Å². The second kappa shape index (κ2) is 11.0. The molecule has 2 aromatic heterocycles. The highest BCUT2D eigenvalue weighted by Crippen LogP contribution is 2.22. The van der Waals surface area contributed by atoms with Crippen LogP contribution in [0.25, 0.3) is 16.6 Å². The molecule has 0 aliphatic carbocycles. The Morgan fingerprint density at radius 3 is 2.51 bits per heavy atom. The minimum atomic E-state index is -3.96. The average molecular weight is 546 g/mol. The first-order valence-corrected chi connectivity index (χ1v) is 13.6. The lowest BCUT2D eigenvalue weighted by Gasteiger charge is -2.21. The summed E-state index contributed by atoms with van der Waals surface area (Å²) in [5.74, 6) is 0.376. The van der Waals surface area contributed by atoms with Crippen LogP contribution in [0.3, 0.4) is 0 Å². The van der Waals surface area contributed by atoms with Crippen LogP contribution >= 0.6 is 11.6 Å². The van der Waals surface area contributed by atoms with Crippen molar-refractivity contribution in [1.82, 2.24) is 29.6 Å². The number of hydrogen-bond acceptors (Lipinski definition) is 8. The summed E-state index contributed by atoms with van der Waals surface area (Å²) in [5.41, 5.74) is 0.788. The number of nitrogens with zero attached hydrogens (tertiary/aromatic N) is 5. The zero-order valence-electron chi connectivity index (χ0n) is 20.6. The van der Waals surface area contributed by atoms with Crippen LogP contribution in [0.5, 0.6) is 0 Å². The molecule has 196 valence electrons. The third-order valence-electron chi connectivity index (χ3n) is 5.92. The summed E-state index contributed by atoms with van der Waals surface area (Å²) in [4.78, 5) is 22.8. The lowest BCUT2D eigenvalue weighted by atomic mass is 10.1. The molecule has 0 bridgehead atoms. The van der Waals surface area contributed by atoms with Gasteiger partial charge in [-0.05, 0) is 55.8 Å². The van der Waals surface area contributed by atoms with Gasteiger partial charge in [-0.15, -0.1) is 5.10 Å². The molecule has 0 aliphatic rings. The number of aromatic nitrogens is 4. The van der Waals surface area contributed by atoms with Crippen LogP contribution < -0.4 is 14.9 Å². The minimum absolute atomic E-state index is 0.00945. The number of hydrogen-bond donors (Lipinski definition) is 3. The summed E-state index contributed by atoms with van der Waals surface area (Å²) in [6, 6.07) is 10.5. The van der Waals surface area contributed by atoms with Gasteiger partial charge in [0.15, 0.2) is 5.82 Å². The molecule has 2 aromatic carbocycles. The van der Waals surface area contributed by atoms with Crippen molar-refractivity contribution < 1.29 is 18.3 Å². The fourth-order valence-electron chi connectivity index (χ4n) is 3.96. The quantitative estimate of drug-likeness (QED) is 0.259. The Balaban J connectivity index is 1.47. The summed E-state index contributed by atoms with van der Waals surface area (Å²) >= 11 is 5.99. The number of benzene rings is 2. The number of aliphatic carboxylic acids is 1. The maximum atomic E-state index is 12.9. The van der Waals surface area contributed by atoms with E-state index in [-0.39, 0.29) is 18.0 Å². The molecular formula is C24H28ClN7O4S. The maximum Gasteiger partial charge on any atom is 0.322 e. The maximum absolute atomic E-state index is 12.9. The van der Waals surface area contributed by atoms with Crippen LogP contribution in [0, 0.1) is 6.92 Å². The second-order valence-electron chi connectivity index (χ2n) is 8.44. The molecule has 0 saturated heterocycles. The van der Waals surface area contributed by atoms with Crippen LogP contribution in [0.4, 0.5) is 5.82 Å². The zero-order chi connectivity index (χ0) is 26.7. The van der Waals surface area contributed by atoms with E-state index in [2.05, 4.69) is 30.0 Å². The molecule has 11 nitrogen and oxygen atoms in total. The highest BCUT2D eigenvalue weighted by molar-refractivity contribution is 7.89. The standard InChI is InChI=1S/C24H28ClN7O4S/c1-4-31(5-2)22-10-15(3)28-24-29-21(30-32(22)24)14-26-20(23(33)34)13-27-37(35,36)19-9-7-16-11-18(25)8-6-17(16)12-19/h6-12,20,26-27H,4-5,13-14H2,1-3H3,(H,33,34). The smallest absolute Gasteiger partial charge is 0.322 e. The Hall–Kier alpha value is -3.32. The van der Waals surface area contributed by atoms with Gasteiger partial charge in [-0.1, -0.05) is 23.7 Å². The molecule has 3 N–H and O–H groups in total. The number of halogens is 1. The molecule has 2 heterocycles. The van der Waals surface area contributed by atoms with E-state index in [0.29, 0.717) is 22.0 Å². The Labute approximate surface area is 219 Å². The molecule has 0 amide bonds. The van der Waals surface area contributed by atoms with E-state index in [1.165, 1.54) is 12.1 Å². The zero-order valence-corrected chi connectivity index (χ0v) is 22.2. The monoisotopic (exact) mass is 545 g/mol. The third kappa shape index (κ3) is 5.99. The van der Waals surface area contributed by atoms with Gasteiger partial charge in [0.1, 0.15) is 11.9 Å². The van der Waals surface area contributed by atoms with Crippen molar-refractivity contribution in [2.24, 2.45) is 0 Å². The minimum Gasteiger partial charge on any atom is -0.480 e. The number of fused-ring (bicyclic) bond motifs is 2. The van der Waals surface area contributed by atoms with Crippen LogP contribution in [-0.2, 0) is 21.4 Å². The first-order chi connectivity index (χ1) is 17.6. The van der Waals surface area contributed by atoms with Crippen molar-refractivity contribution in [3.8, 4) is 0 Å². The van der Waals surface area contributed by atoms with Gasteiger partial charge >= 0.3 is 5.97 Å². The summed E-state index contributed by atoms with van der Waals surface area (Å²) in [6.07, 6.45) is 0. The normalized spacial score (nSPS) is 12.8. The number of rotatable bonds is 11. The molecule has 0 saturated carbocycles. The highest BCUT2D eigenvalue weighted by Gasteiger charge is 2.23. The summed E-state index contributed by atoms with van der Waals surface area (Å²) in [5, 5.41) is 19.0. The second-order valence-corrected chi connectivity index (χ2v) is 10.6. The predicted molar refractivity (Wildman–Crippen MR) is 141 cm³/mol. The molecular weight excluding hydrogens is 518 g/mol. The molecule has 37 heavy (non-hydrogen) atoms. The van der Waals surface area contributed by atoms with Crippen LogP contribution in [0.15, 0.2) is 47.4 Å². The molecule has 13 heteroatoms. The summed E-state index contributed by atoms with van der Waals surface area (Å²) < 4.78 is 29.7. The van der Waals surface area contributed by atoms with E-state index in [9.17, 15) is 18.3 Å². The third-order valence-corrected chi connectivity index (χ3v) is 7.58. The average Bonchev–Trinajstić information content (AvgIpc) is 3.26. The number of carboxylic acids is 1. The summed E-state index contributed by atoms with van der Waals surface area (Å²) in [6.45, 7) is 7.13. The van der Waals surface area contributed by atoms with Gasteiger partial charge in [0.05, 0.1) is 11.4 Å². The molecule has 0 spiro atoms. The van der Waals surface area contributed by atoms with Crippen molar-refractivity contribution in [3.05, 3.63) is 59.0 Å². The van der Waals surface area contributed by atoms with E-state index < -0.39 is 22.0 Å². The first kappa shape index (κ1) is 26.7. The van der Waals surface area contributed by atoms with E-state index in [1.807, 2.05) is 26.8 Å². The first-order valence-electron chi connectivity index (χ1n) is 11.7. The van der Waals surface area contributed by atoms with E-state index >= 15 is 0 Å². The molecule has 1 atom stereocenters. The molecule has 4 rings (SSSR count). The molecule has 1 unspecified atom stereocenters. The van der Waals surface area contributed by atoms with Crippen molar-refractivity contribution in [2.75, 3.05) is 24.5 Å². The number of anilines is 1. The van der Waals surface area contributed by atoms with Crippen molar-refractivity contribution in [3.63, 3.8) is 0 Å². The highest BCUT2D eigenvalue weighted by atomic mass is 35.5. The number of carbonyl (C=O) groups is 1. The molecule has 0 aliphatic heterocycles. The van der Waals surface area contributed by atoms with E-state index in [1.54, 1.807) is 28.8 Å². The fourth-order valence-corrected chi connectivity index (χ4v) is 5.22. The van der Waals surface area contributed by atoms with Gasteiger partial charge in [0, 0.05) is 36.4 Å². The molecule has 0 fully saturated rings. The lowest BCUT2D eigenvalue weighted by molar-refractivity contribution is -0.139. The van der Waals surface area contributed by atoms with E-state index in [0.717, 1.165) is 30.0 Å². The molecule has 0 radical (unpaired) electrons. The van der Waals surface area contributed by atoms with Crippen LogP contribution in [0.2, 0.25) is 5.02 Å². The SMILES string of the molecule is CCN(CC)c1cc(C)nc2nc(CNC(CNS(=O)(=O)c3ccc4cc(Cl)ccc4c3)C(=O)O)nn12. The Morgan fingerprint density at radius 1 is 1.11 bits per heavy atom. The topological polar surface area (TPSA) is 142 Å². The fraction of sp³-hybridized carbons (Fsp3) is 0.333. The molecule has 4 aromatic rings. The number of carboxylic acid groups (broad SMARTS) is 1. The Kier molecular flexibility index (Phi) is 7.93. The number of nitrogens with one attached hydrogen (secondary N) is 2.